The van der Waals surface area contributed by atoms with Crippen LogP contribution in [0.25, 0.3) is 0 Å². The van der Waals surface area contributed by atoms with Crippen LogP contribution in [0.3, 0.4) is 0 Å². The van der Waals surface area contributed by atoms with E-state index >= 15 is 0 Å². The van der Waals surface area contributed by atoms with Crippen molar-refractivity contribution in [2.75, 3.05) is 26.2 Å². The van der Waals surface area contributed by atoms with Crippen molar-refractivity contribution in [1.29, 1.82) is 0 Å². The SMILES string of the molecule is NCCCN(C=O)C(=O)NCCCN1C(=O)c2ccc([N+](=O)[O-])cc2C1=O. The molecule has 1 aromatic carbocycles. The number of benzene rings is 1. The van der Waals surface area contributed by atoms with Crippen molar-refractivity contribution < 1.29 is 24.1 Å². The standard InChI is InChI=1S/C16H19N5O6/c17-5-1-7-19(10-22)16(25)18-6-2-8-20-14(23)12-4-3-11(21(26)27)9-13(12)15(20)24/h3-4,9-10H,1-2,5-8,17H2,(H,18,25). The van der Waals surface area contributed by atoms with Crippen molar-refractivity contribution in [2.24, 2.45) is 5.73 Å². The van der Waals surface area contributed by atoms with E-state index in [1.807, 2.05) is 0 Å². The summed E-state index contributed by atoms with van der Waals surface area (Å²) in [5.74, 6) is -1.14. The van der Waals surface area contributed by atoms with Crippen LogP contribution >= 0.6 is 0 Å². The minimum Gasteiger partial charge on any atom is -0.338 e. The minimum absolute atomic E-state index is 0.00727. The quantitative estimate of drug-likeness (QED) is 0.203. The molecule has 0 aromatic heterocycles. The molecule has 0 saturated carbocycles. The first-order valence-corrected chi connectivity index (χ1v) is 8.25. The van der Waals surface area contributed by atoms with E-state index in [0.29, 0.717) is 19.4 Å². The largest absolute Gasteiger partial charge is 0.338 e. The van der Waals surface area contributed by atoms with Crippen LogP contribution in [0.1, 0.15) is 33.6 Å². The van der Waals surface area contributed by atoms with Crippen LogP contribution in [0.2, 0.25) is 0 Å². The highest BCUT2D eigenvalue weighted by molar-refractivity contribution is 6.21. The molecule has 0 saturated heterocycles. The van der Waals surface area contributed by atoms with E-state index < -0.39 is 22.8 Å². The van der Waals surface area contributed by atoms with Gasteiger partial charge in [-0.3, -0.25) is 34.3 Å². The molecule has 0 bridgehead atoms. The first-order chi connectivity index (χ1) is 12.9. The van der Waals surface area contributed by atoms with Gasteiger partial charge in [0.15, 0.2) is 0 Å². The van der Waals surface area contributed by atoms with Gasteiger partial charge in [-0.15, -0.1) is 0 Å². The van der Waals surface area contributed by atoms with Crippen LogP contribution in [0.5, 0.6) is 0 Å². The Balaban J connectivity index is 1.89. The first kappa shape index (κ1) is 20.0. The molecule has 2 rings (SSSR count). The van der Waals surface area contributed by atoms with E-state index in [1.54, 1.807) is 0 Å². The summed E-state index contributed by atoms with van der Waals surface area (Å²) in [5, 5.41) is 13.3. The number of imide groups is 2. The lowest BCUT2D eigenvalue weighted by Gasteiger charge is -2.17. The van der Waals surface area contributed by atoms with Crippen molar-refractivity contribution in [2.45, 2.75) is 12.8 Å². The summed E-state index contributed by atoms with van der Waals surface area (Å²) in [6, 6.07) is 2.92. The summed E-state index contributed by atoms with van der Waals surface area (Å²) < 4.78 is 0. The van der Waals surface area contributed by atoms with Crippen molar-refractivity contribution in [3.05, 3.63) is 39.4 Å². The fourth-order valence-electron chi connectivity index (χ4n) is 2.59. The highest BCUT2D eigenvalue weighted by Gasteiger charge is 2.36. The average molecular weight is 377 g/mol. The number of nitrogens with zero attached hydrogens (tertiary/aromatic N) is 3. The second kappa shape index (κ2) is 8.85. The predicted molar refractivity (Wildman–Crippen MR) is 92.9 cm³/mol. The normalized spacial score (nSPS) is 12.7. The zero-order valence-corrected chi connectivity index (χ0v) is 14.4. The van der Waals surface area contributed by atoms with E-state index in [9.17, 15) is 29.3 Å². The molecule has 0 unspecified atom stereocenters. The number of nitrogens with one attached hydrogen (secondary N) is 1. The highest BCUT2D eigenvalue weighted by Crippen LogP contribution is 2.26. The molecule has 3 N–H and O–H groups in total. The Kier molecular flexibility index (Phi) is 6.55. The lowest BCUT2D eigenvalue weighted by Crippen LogP contribution is -2.41. The van der Waals surface area contributed by atoms with Gasteiger partial charge in [-0.1, -0.05) is 0 Å². The Morgan fingerprint density at radius 2 is 1.96 bits per heavy atom. The number of carbonyl (C=O) groups excluding carboxylic acids is 4. The van der Waals surface area contributed by atoms with Crippen LogP contribution in [0.4, 0.5) is 10.5 Å². The fourth-order valence-corrected chi connectivity index (χ4v) is 2.59. The Morgan fingerprint density at radius 1 is 1.26 bits per heavy atom. The molecule has 27 heavy (non-hydrogen) atoms. The van der Waals surface area contributed by atoms with Crippen LogP contribution in [-0.2, 0) is 4.79 Å². The van der Waals surface area contributed by atoms with Crippen LogP contribution in [-0.4, -0.2) is 65.2 Å². The molecular formula is C16H19N5O6. The Hall–Kier alpha value is -3.34. The van der Waals surface area contributed by atoms with Crippen molar-refractivity contribution in [3.63, 3.8) is 0 Å². The summed E-state index contributed by atoms with van der Waals surface area (Å²) >= 11 is 0. The third kappa shape index (κ3) is 4.44. The summed E-state index contributed by atoms with van der Waals surface area (Å²) in [6.45, 7) is 0.711. The molecule has 1 aliphatic heterocycles. The molecule has 1 aliphatic rings. The highest BCUT2D eigenvalue weighted by atomic mass is 16.6. The van der Waals surface area contributed by atoms with Gasteiger partial charge in [-0.25, -0.2) is 4.79 Å². The number of amides is 5. The van der Waals surface area contributed by atoms with Gasteiger partial charge in [0.1, 0.15) is 0 Å². The second-order valence-electron chi connectivity index (χ2n) is 5.78. The molecule has 0 spiro atoms. The third-order valence-electron chi connectivity index (χ3n) is 3.99. The number of rotatable bonds is 9. The number of nitro groups is 1. The second-order valence-corrected chi connectivity index (χ2v) is 5.78. The Bertz CT molecular complexity index is 781. The number of fused-ring (bicyclic) bond motifs is 1. The van der Waals surface area contributed by atoms with Crippen LogP contribution < -0.4 is 11.1 Å². The molecule has 0 radical (unpaired) electrons. The van der Waals surface area contributed by atoms with Crippen LogP contribution in [0.15, 0.2) is 18.2 Å². The molecule has 11 nitrogen and oxygen atoms in total. The maximum Gasteiger partial charge on any atom is 0.323 e. The van der Waals surface area contributed by atoms with Gasteiger partial charge in [0.2, 0.25) is 6.41 Å². The van der Waals surface area contributed by atoms with E-state index in [1.165, 1.54) is 12.1 Å². The zero-order chi connectivity index (χ0) is 20.0. The molecule has 1 heterocycles. The summed E-state index contributed by atoms with van der Waals surface area (Å²) in [6.07, 6.45) is 1.15. The summed E-state index contributed by atoms with van der Waals surface area (Å²) in [4.78, 5) is 59.4. The molecule has 11 heteroatoms. The fraction of sp³-hybridized carbons (Fsp3) is 0.375. The number of carbonyl (C=O) groups is 4. The van der Waals surface area contributed by atoms with Crippen molar-refractivity contribution in [1.82, 2.24) is 15.1 Å². The number of hydrogen-bond acceptors (Lipinski definition) is 7. The molecule has 144 valence electrons. The van der Waals surface area contributed by atoms with E-state index in [-0.39, 0.29) is 42.9 Å². The topological polar surface area (TPSA) is 156 Å². The molecule has 5 amide bonds. The summed E-state index contributed by atoms with van der Waals surface area (Å²) in [5.41, 5.74) is 5.17. The third-order valence-corrected chi connectivity index (χ3v) is 3.99. The Labute approximate surface area is 154 Å². The van der Waals surface area contributed by atoms with Gasteiger partial charge in [0, 0.05) is 31.8 Å². The number of nitro benzene ring substituents is 1. The monoisotopic (exact) mass is 377 g/mol. The van der Waals surface area contributed by atoms with Crippen LogP contribution in [0, 0.1) is 10.1 Å². The maximum atomic E-state index is 12.3. The molecule has 0 atom stereocenters. The van der Waals surface area contributed by atoms with E-state index in [4.69, 9.17) is 5.73 Å². The van der Waals surface area contributed by atoms with Crippen molar-refractivity contribution in [3.8, 4) is 0 Å². The van der Waals surface area contributed by atoms with Gasteiger partial charge in [-0.05, 0) is 25.5 Å². The Morgan fingerprint density at radius 3 is 2.59 bits per heavy atom. The number of non-ortho nitro benzene ring substituents is 1. The molecule has 0 aliphatic carbocycles. The van der Waals surface area contributed by atoms with Gasteiger partial charge in [0.25, 0.3) is 17.5 Å². The lowest BCUT2D eigenvalue weighted by molar-refractivity contribution is -0.384. The van der Waals surface area contributed by atoms with Gasteiger partial charge >= 0.3 is 6.03 Å². The molecular weight excluding hydrogens is 358 g/mol. The summed E-state index contributed by atoms with van der Waals surface area (Å²) in [7, 11) is 0. The average Bonchev–Trinajstić information content (AvgIpc) is 2.89. The predicted octanol–water partition coefficient (Wildman–Crippen LogP) is 0.0977. The molecule has 1 aromatic rings. The minimum atomic E-state index is -0.639. The van der Waals surface area contributed by atoms with Crippen molar-refractivity contribution >= 4 is 29.9 Å². The van der Waals surface area contributed by atoms with Gasteiger partial charge in [-0.2, -0.15) is 0 Å². The van der Waals surface area contributed by atoms with Gasteiger partial charge < -0.3 is 11.1 Å². The van der Waals surface area contributed by atoms with Gasteiger partial charge in [0.05, 0.1) is 16.1 Å². The van der Waals surface area contributed by atoms with E-state index in [2.05, 4.69) is 5.32 Å². The number of urea groups is 1. The first-order valence-electron chi connectivity index (χ1n) is 8.25. The zero-order valence-electron chi connectivity index (χ0n) is 14.4. The number of hydrogen-bond donors (Lipinski definition) is 2. The smallest absolute Gasteiger partial charge is 0.323 e. The number of nitrogens with two attached hydrogens (primary N) is 1. The molecule has 0 fully saturated rings. The van der Waals surface area contributed by atoms with E-state index in [0.717, 1.165) is 15.9 Å². The maximum absolute atomic E-state index is 12.3. The lowest BCUT2D eigenvalue weighted by atomic mass is 10.1.